The molecule has 3 atom stereocenters. The molecule has 2 fully saturated rings. The minimum Gasteiger partial charge on any atom is -0.491 e. The first-order valence-corrected chi connectivity index (χ1v) is 8.33. The van der Waals surface area contributed by atoms with E-state index in [-0.39, 0.29) is 6.10 Å². The van der Waals surface area contributed by atoms with Crippen LogP contribution in [0.4, 0.5) is 0 Å². The summed E-state index contributed by atoms with van der Waals surface area (Å²) in [5, 5.41) is 3.48. The molecule has 3 heteroatoms. The number of hydrogen-bond donors (Lipinski definition) is 1. The lowest BCUT2D eigenvalue weighted by Gasteiger charge is -2.31. The molecular formula is C18H28N2O. The predicted octanol–water partition coefficient (Wildman–Crippen LogP) is 3.22. The first kappa shape index (κ1) is 14.9. The molecule has 1 aliphatic carbocycles. The van der Waals surface area contributed by atoms with Gasteiger partial charge in [0.2, 0.25) is 0 Å². The molecule has 3 unspecified atom stereocenters. The van der Waals surface area contributed by atoms with Crippen LogP contribution in [0, 0.1) is 5.92 Å². The Hall–Kier alpha value is -1.06. The van der Waals surface area contributed by atoms with Crippen molar-refractivity contribution in [3.05, 3.63) is 29.8 Å². The molecule has 1 saturated heterocycles. The van der Waals surface area contributed by atoms with E-state index in [0.717, 1.165) is 24.3 Å². The van der Waals surface area contributed by atoms with Crippen LogP contribution < -0.4 is 10.1 Å². The van der Waals surface area contributed by atoms with Crippen molar-refractivity contribution >= 4 is 0 Å². The molecule has 21 heavy (non-hydrogen) atoms. The molecule has 0 aromatic heterocycles. The van der Waals surface area contributed by atoms with Gasteiger partial charge >= 0.3 is 0 Å². The highest BCUT2D eigenvalue weighted by Gasteiger charge is 2.38. The fourth-order valence-electron chi connectivity index (χ4n) is 3.90. The first-order valence-electron chi connectivity index (χ1n) is 8.33. The van der Waals surface area contributed by atoms with Gasteiger partial charge in [0, 0.05) is 25.2 Å². The number of rotatable bonds is 6. The quantitative estimate of drug-likeness (QED) is 0.870. The normalized spacial score (nSPS) is 26.5. The van der Waals surface area contributed by atoms with Crippen LogP contribution in [0.2, 0.25) is 0 Å². The molecule has 0 radical (unpaired) electrons. The zero-order valence-corrected chi connectivity index (χ0v) is 13.5. The van der Waals surface area contributed by atoms with E-state index >= 15 is 0 Å². The van der Waals surface area contributed by atoms with E-state index in [1.165, 1.54) is 31.4 Å². The van der Waals surface area contributed by atoms with E-state index in [1.54, 1.807) is 0 Å². The van der Waals surface area contributed by atoms with Gasteiger partial charge in [-0.2, -0.15) is 0 Å². The molecule has 3 nitrogen and oxygen atoms in total. The van der Waals surface area contributed by atoms with Crippen molar-refractivity contribution in [3.63, 3.8) is 0 Å². The highest BCUT2D eigenvalue weighted by molar-refractivity contribution is 5.29. The Morgan fingerprint density at radius 3 is 2.52 bits per heavy atom. The van der Waals surface area contributed by atoms with Crippen LogP contribution in [0.3, 0.4) is 0 Å². The van der Waals surface area contributed by atoms with Crippen molar-refractivity contribution in [2.75, 3.05) is 20.1 Å². The van der Waals surface area contributed by atoms with E-state index < -0.39 is 0 Å². The summed E-state index contributed by atoms with van der Waals surface area (Å²) in [7, 11) is 2.07. The average molecular weight is 288 g/mol. The molecule has 0 spiro atoms. The van der Waals surface area contributed by atoms with Gasteiger partial charge in [-0.3, -0.25) is 4.90 Å². The number of piperidine rings is 1. The molecule has 2 bridgehead atoms. The number of nitrogens with zero attached hydrogens (tertiary/aromatic N) is 1. The summed E-state index contributed by atoms with van der Waals surface area (Å²) >= 11 is 0. The molecular weight excluding hydrogens is 260 g/mol. The van der Waals surface area contributed by atoms with Gasteiger partial charge in [0.15, 0.2) is 0 Å². The summed E-state index contributed by atoms with van der Waals surface area (Å²) in [6.07, 6.45) is 4.52. The molecule has 1 aromatic rings. The molecule has 1 heterocycles. The fraction of sp³-hybridized carbons (Fsp3) is 0.667. The van der Waals surface area contributed by atoms with Gasteiger partial charge in [-0.25, -0.2) is 0 Å². The molecule has 1 saturated carbocycles. The van der Waals surface area contributed by atoms with E-state index in [2.05, 4.69) is 55.4 Å². The Kier molecular flexibility index (Phi) is 4.51. The first-order chi connectivity index (χ1) is 10.2. The van der Waals surface area contributed by atoms with Gasteiger partial charge in [-0.1, -0.05) is 12.1 Å². The van der Waals surface area contributed by atoms with Crippen LogP contribution in [-0.4, -0.2) is 37.2 Å². The van der Waals surface area contributed by atoms with Gasteiger partial charge in [0.25, 0.3) is 0 Å². The van der Waals surface area contributed by atoms with Crippen molar-refractivity contribution in [3.8, 4) is 5.75 Å². The average Bonchev–Trinajstić information content (AvgIpc) is 3.07. The van der Waals surface area contributed by atoms with Crippen LogP contribution >= 0.6 is 0 Å². The third kappa shape index (κ3) is 3.41. The van der Waals surface area contributed by atoms with E-state index in [0.29, 0.717) is 6.04 Å². The van der Waals surface area contributed by atoms with Crippen molar-refractivity contribution in [1.82, 2.24) is 10.2 Å². The number of hydrogen-bond acceptors (Lipinski definition) is 3. The molecule has 3 rings (SSSR count). The van der Waals surface area contributed by atoms with Crippen molar-refractivity contribution in [2.24, 2.45) is 5.92 Å². The number of benzene rings is 1. The van der Waals surface area contributed by atoms with Crippen LogP contribution in [0.5, 0.6) is 5.75 Å². The van der Waals surface area contributed by atoms with Crippen molar-refractivity contribution in [1.29, 1.82) is 0 Å². The van der Waals surface area contributed by atoms with Gasteiger partial charge in [-0.15, -0.1) is 0 Å². The third-order valence-electron chi connectivity index (χ3n) is 4.94. The largest absolute Gasteiger partial charge is 0.491 e. The van der Waals surface area contributed by atoms with Crippen LogP contribution in [0.1, 0.15) is 44.7 Å². The smallest absolute Gasteiger partial charge is 0.119 e. The maximum Gasteiger partial charge on any atom is 0.119 e. The second kappa shape index (κ2) is 6.37. The number of likely N-dealkylation sites (tertiary alicyclic amines) is 1. The van der Waals surface area contributed by atoms with Crippen LogP contribution in [0.25, 0.3) is 0 Å². The summed E-state index contributed by atoms with van der Waals surface area (Å²) in [6, 6.07) is 9.85. The number of fused-ring (bicyclic) bond motifs is 2. The molecule has 2 aliphatic rings. The molecule has 116 valence electrons. The maximum atomic E-state index is 5.73. The highest BCUT2D eigenvalue weighted by Crippen LogP contribution is 2.38. The minimum atomic E-state index is 0.232. The number of ether oxygens (including phenoxy) is 1. The minimum absolute atomic E-state index is 0.232. The lowest BCUT2D eigenvalue weighted by atomic mass is 10.0. The lowest BCUT2D eigenvalue weighted by Crippen LogP contribution is -2.38. The zero-order valence-electron chi connectivity index (χ0n) is 13.5. The van der Waals surface area contributed by atoms with Crippen LogP contribution in [0.15, 0.2) is 24.3 Å². The second-order valence-electron chi connectivity index (χ2n) is 6.86. The van der Waals surface area contributed by atoms with Crippen molar-refractivity contribution < 1.29 is 4.74 Å². The summed E-state index contributed by atoms with van der Waals surface area (Å²) in [5.74, 6) is 1.93. The molecule has 1 N–H and O–H groups in total. The lowest BCUT2D eigenvalue weighted by molar-refractivity contribution is 0.194. The Morgan fingerprint density at radius 2 is 2.00 bits per heavy atom. The van der Waals surface area contributed by atoms with E-state index in [1.807, 2.05) is 0 Å². The monoisotopic (exact) mass is 288 g/mol. The Bertz CT molecular complexity index is 457. The van der Waals surface area contributed by atoms with Gasteiger partial charge in [0.05, 0.1) is 6.10 Å². The Morgan fingerprint density at radius 1 is 1.24 bits per heavy atom. The van der Waals surface area contributed by atoms with E-state index in [4.69, 9.17) is 4.74 Å². The highest BCUT2D eigenvalue weighted by atomic mass is 16.5. The molecule has 1 aliphatic heterocycles. The summed E-state index contributed by atoms with van der Waals surface area (Å²) in [6.45, 7) is 6.55. The Balaban J connectivity index is 1.63. The van der Waals surface area contributed by atoms with Crippen molar-refractivity contribution in [2.45, 2.75) is 51.3 Å². The zero-order chi connectivity index (χ0) is 14.8. The predicted molar refractivity (Wildman–Crippen MR) is 86.7 cm³/mol. The summed E-state index contributed by atoms with van der Waals surface area (Å²) in [4.78, 5) is 2.69. The summed E-state index contributed by atoms with van der Waals surface area (Å²) in [5.41, 5.74) is 1.36. The maximum absolute atomic E-state index is 5.73. The van der Waals surface area contributed by atoms with Crippen LogP contribution in [-0.2, 0) is 0 Å². The van der Waals surface area contributed by atoms with Gasteiger partial charge < -0.3 is 10.1 Å². The molecule has 0 amide bonds. The number of nitrogens with one attached hydrogen (secondary N) is 1. The second-order valence-corrected chi connectivity index (χ2v) is 6.86. The Labute approximate surface area is 128 Å². The third-order valence-corrected chi connectivity index (χ3v) is 4.94. The molecule has 1 aromatic carbocycles. The SMILES string of the molecule is CNC(CN1CC2CCC1C2)c1ccc(OC(C)C)cc1. The van der Waals surface area contributed by atoms with Gasteiger partial charge in [-0.05, 0) is 63.8 Å². The summed E-state index contributed by atoms with van der Waals surface area (Å²) < 4.78 is 5.73. The van der Waals surface area contributed by atoms with Gasteiger partial charge in [0.1, 0.15) is 5.75 Å². The topological polar surface area (TPSA) is 24.5 Å². The van der Waals surface area contributed by atoms with E-state index in [9.17, 15) is 0 Å². The fourth-order valence-corrected chi connectivity index (χ4v) is 3.90. The number of likely N-dealkylation sites (N-methyl/N-ethyl adjacent to an activating group) is 1. The standard InChI is InChI=1S/C18H28N2O/c1-13(2)21-17-8-5-15(6-9-17)18(19-3)12-20-11-14-4-7-16(20)10-14/h5-6,8-9,13-14,16,18-19H,4,7,10-12H2,1-3H3.